The molecule has 22 nitrogen and oxygen atoms in total. The summed E-state index contributed by atoms with van der Waals surface area (Å²) < 4.78 is 136. The molecule has 0 atom stereocenters. The number of hydrogen-bond acceptors (Lipinski definition) is 18. The van der Waals surface area contributed by atoms with Crippen molar-refractivity contribution in [2.75, 3.05) is 26.6 Å². The Kier molecular flexibility index (Phi) is 11.5. The molecular weight excluding hydrogens is 761 g/mol. The molecule has 3 aromatic rings. The van der Waals surface area contributed by atoms with Gasteiger partial charge in [-0.05, 0) is 30.7 Å². The molecule has 0 saturated carbocycles. The molecule has 26 heteroatoms. The minimum absolute atomic E-state index is 0.00660. The first-order valence-corrected chi connectivity index (χ1v) is 18.7. The second kappa shape index (κ2) is 14.6. The van der Waals surface area contributed by atoms with Crippen LogP contribution in [-0.4, -0.2) is 95.2 Å². The van der Waals surface area contributed by atoms with Crippen molar-refractivity contribution in [1.82, 2.24) is 0 Å². The van der Waals surface area contributed by atoms with E-state index in [0.717, 1.165) is 26.4 Å². The van der Waals surface area contributed by atoms with Crippen LogP contribution in [0.3, 0.4) is 0 Å². The molecule has 3 rings (SSSR count). The zero-order chi connectivity index (χ0) is 38.0. The number of methoxy groups -OCH3 is 2. The molecule has 3 aromatic carbocycles. The number of benzene rings is 3. The van der Waals surface area contributed by atoms with Gasteiger partial charge in [0.1, 0.15) is 44.1 Å². The van der Waals surface area contributed by atoms with Crippen LogP contribution in [-0.2, 0) is 44.7 Å². The third kappa shape index (κ3) is 9.24. The zero-order valence-electron chi connectivity index (χ0n) is 25.3. The Bertz CT molecular complexity index is 2380. The van der Waals surface area contributed by atoms with E-state index < -0.39 is 108 Å². The molecule has 6 N–H and O–H groups in total. The van der Waals surface area contributed by atoms with Gasteiger partial charge in [0, 0.05) is 12.1 Å². The molecule has 0 fully saturated rings. The predicted molar refractivity (Wildman–Crippen MR) is 165 cm³/mol. The van der Waals surface area contributed by atoms with E-state index in [-0.39, 0.29) is 21.9 Å². The van der Waals surface area contributed by atoms with E-state index in [2.05, 4.69) is 24.6 Å². The molecule has 0 unspecified atom stereocenters. The third-order valence-corrected chi connectivity index (χ3v) is 10.2. The van der Waals surface area contributed by atoms with E-state index in [1.165, 1.54) is 6.92 Å². The predicted octanol–water partition coefficient (Wildman–Crippen LogP) is 3.04. The van der Waals surface area contributed by atoms with Crippen molar-refractivity contribution in [3.05, 3.63) is 41.5 Å². The number of azo groups is 2. The van der Waals surface area contributed by atoms with E-state index >= 15 is 0 Å². The quantitative estimate of drug-likeness (QED) is 0.101. The van der Waals surface area contributed by atoms with Crippen LogP contribution in [0.25, 0.3) is 0 Å². The first-order chi connectivity index (χ1) is 22.9. The minimum atomic E-state index is -5.19. The van der Waals surface area contributed by atoms with E-state index in [4.69, 9.17) is 14.0 Å². The van der Waals surface area contributed by atoms with Crippen molar-refractivity contribution < 1.29 is 81.1 Å². The Labute approximate surface area is 282 Å². The third-order valence-electron chi connectivity index (χ3n) is 6.17. The number of rotatable bonds is 14. The van der Waals surface area contributed by atoms with Crippen LogP contribution >= 0.6 is 0 Å². The number of aromatic hydroxyl groups is 2. The highest BCUT2D eigenvalue weighted by molar-refractivity contribution is 7.91. The molecule has 272 valence electrons. The summed E-state index contributed by atoms with van der Waals surface area (Å²) in [5.41, 5.74) is -3.98. The van der Waals surface area contributed by atoms with Crippen LogP contribution in [0.4, 0.5) is 22.7 Å². The van der Waals surface area contributed by atoms with E-state index in [1.807, 2.05) is 0 Å². The number of nitrogens with zero attached hydrogens (tertiary/aromatic N) is 4. The maximum absolute atomic E-state index is 12.8. The summed E-state index contributed by atoms with van der Waals surface area (Å²) in [7, 11) is -17.4. The largest absolute Gasteiger partial charge is 0.505 e. The summed E-state index contributed by atoms with van der Waals surface area (Å²) in [4.78, 5) is 9.42. The molecule has 0 aliphatic heterocycles. The number of ether oxygens (including phenoxy) is 2. The Morgan fingerprint density at radius 2 is 1.24 bits per heavy atom. The van der Waals surface area contributed by atoms with Gasteiger partial charge in [-0.3, -0.25) is 13.7 Å². The van der Waals surface area contributed by atoms with Crippen LogP contribution < -0.4 is 9.47 Å². The second-order valence-electron chi connectivity index (χ2n) is 9.47. The molecule has 0 bridgehead atoms. The number of aromatic carboxylic acids is 1. The van der Waals surface area contributed by atoms with Gasteiger partial charge in [-0.25, -0.2) is 17.4 Å². The summed E-state index contributed by atoms with van der Waals surface area (Å²) in [5.74, 6) is -6.00. The van der Waals surface area contributed by atoms with Gasteiger partial charge in [0.05, 0.1) is 37.0 Å². The summed E-state index contributed by atoms with van der Waals surface area (Å²) in [5, 5.41) is 45.3. The summed E-state index contributed by atoms with van der Waals surface area (Å²) in [6.07, 6.45) is 0. The Hall–Kier alpha value is -4.83. The van der Waals surface area contributed by atoms with E-state index in [9.17, 15) is 62.9 Å². The number of carboxylic acid groups (broad SMARTS) is 1. The topological polar surface area (TPSA) is 352 Å². The number of phenolic OH excluding ortho intramolecular Hbond substituents is 2. The van der Waals surface area contributed by atoms with Crippen LogP contribution in [0.1, 0.15) is 15.9 Å². The molecular formula is C24H24N4O18S4. The lowest BCUT2D eigenvalue weighted by Crippen LogP contribution is -2.16. The number of hydrogen-bond donors (Lipinski definition) is 6. The van der Waals surface area contributed by atoms with Gasteiger partial charge in [0.25, 0.3) is 20.2 Å². The van der Waals surface area contributed by atoms with Gasteiger partial charge in [-0.2, -0.15) is 25.3 Å². The lowest BCUT2D eigenvalue weighted by molar-refractivity contribution is 0.0696. The van der Waals surface area contributed by atoms with Gasteiger partial charge in [0.15, 0.2) is 21.3 Å². The monoisotopic (exact) mass is 784 g/mol. The van der Waals surface area contributed by atoms with Crippen molar-refractivity contribution in [3.8, 4) is 23.0 Å². The van der Waals surface area contributed by atoms with Gasteiger partial charge >= 0.3 is 16.4 Å². The molecule has 0 amide bonds. The van der Waals surface area contributed by atoms with Gasteiger partial charge in [0.2, 0.25) is 0 Å². The number of carbonyl (C=O) groups is 1. The van der Waals surface area contributed by atoms with Crippen LogP contribution in [0, 0.1) is 6.92 Å². The zero-order valence-corrected chi connectivity index (χ0v) is 28.6. The average Bonchev–Trinajstić information content (AvgIpc) is 2.97. The van der Waals surface area contributed by atoms with Crippen LogP contribution in [0.15, 0.2) is 65.5 Å². The fraction of sp³-hybridized carbons (Fsp3) is 0.208. The molecule has 50 heavy (non-hydrogen) atoms. The number of aryl methyl sites for hydroxylation is 1. The maximum Gasteiger partial charge on any atom is 0.397 e. The van der Waals surface area contributed by atoms with Gasteiger partial charge < -0.3 is 24.8 Å². The molecule has 0 aliphatic rings. The summed E-state index contributed by atoms with van der Waals surface area (Å²) in [6, 6.07) is 3.48. The average molecular weight is 785 g/mol. The van der Waals surface area contributed by atoms with Crippen LogP contribution in [0.5, 0.6) is 23.0 Å². The summed E-state index contributed by atoms with van der Waals surface area (Å²) >= 11 is 0. The first kappa shape index (κ1) is 39.6. The van der Waals surface area contributed by atoms with Gasteiger partial charge in [-0.1, -0.05) is 0 Å². The fourth-order valence-corrected chi connectivity index (χ4v) is 7.01. The van der Waals surface area contributed by atoms with Crippen LogP contribution in [0.2, 0.25) is 0 Å². The normalized spacial score (nSPS) is 12.8. The van der Waals surface area contributed by atoms with Crippen molar-refractivity contribution >= 4 is 69.2 Å². The maximum atomic E-state index is 12.8. The van der Waals surface area contributed by atoms with Crippen molar-refractivity contribution in [3.63, 3.8) is 0 Å². The van der Waals surface area contributed by atoms with Crippen molar-refractivity contribution in [1.29, 1.82) is 0 Å². The Morgan fingerprint density at radius 1 is 0.700 bits per heavy atom. The first-order valence-electron chi connectivity index (χ1n) is 12.8. The second-order valence-corrected chi connectivity index (χ2v) is 15.4. The van der Waals surface area contributed by atoms with Crippen molar-refractivity contribution in [2.45, 2.75) is 21.6 Å². The summed E-state index contributed by atoms with van der Waals surface area (Å²) in [6.45, 7) is 0.362. The highest BCUT2D eigenvalue weighted by Gasteiger charge is 2.27. The van der Waals surface area contributed by atoms with E-state index in [0.29, 0.717) is 18.2 Å². The van der Waals surface area contributed by atoms with Gasteiger partial charge in [-0.15, -0.1) is 20.5 Å². The highest BCUT2D eigenvalue weighted by Crippen LogP contribution is 2.48. The fourth-order valence-electron chi connectivity index (χ4n) is 3.97. The minimum Gasteiger partial charge on any atom is -0.505 e. The molecule has 0 aromatic heterocycles. The Morgan fingerprint density at radius 3 is 1.76 bits per heavy atom. The number of sulfone groups is 1. The SMILES string of the molecule is COc1cc(S(=O)(=O)CCOS(=O)(=O)O)c(C)cc1N=Nc1c(C(=O)O)cc(O)c(N=Nc2cc(S(=O)(=O)O)c(OC)cc2S(=O)(=O)O)c1O. The smallest absolute Gasteiger partial charge is 0.397 e. The number of carboxylic acids is 1. The van der Waals surface area contributed by atoms with E-state index in [1.54, 1.807) is 0 Å². The molecule has 0 saturated heterocycles. The molecule has 0 aliphatic carbocycles. The standard InChI is InChI=1S/C24H24N4O18S4/c1-11-6-13(16(44-2)9-18(11)47(33,34)5-4-46-50(41,42)43)25-27-21-12(24(31)32)7-15(29)22(23(21)30)28-26-14-8-20(49(38,39)40)17(45-3)10-19(14)48(35,36)37/h6-10,29-30H,4-5H2,1-3H3,(H,31,32)(H,35,36,37)(H,38,39,40)(H,41,42,43). The van der Waals surface area contributed by atoms with Crippen molar-refractivity contribution in [2.24, 2.45) is 20.5 Å². The molecule has 0 radical (unpaired) electrons. The number of phenols is 2. The Balaban J connectivity index is 2.18. The lowest BCUT2D eigenvalue weighted by atomic mass is 10.1. The lowest BCUT2D eigenvalue weighted by Gasteiger charge is -2.12. The highest BCUT2D eigenvalue weighted by atomic mass is 32.3. The molecule has 0 spiro atoms. The molecule has 0 heterocycles.